The zero-order chi connectivity index (χ0) is 12.8. The summed E-state index contributed by atoms with van der Waals surface area (Å²) in [4.78, 5) is 24.2. The molecule has 0 aliphatic heterocycles. The molecule has 5 nitrogen and oxygen atoms in total. The summed E-state index contributed by atoms with van der Waals surface area (Å²) >= 11 is 0. The van der Waals surface area contributed by atoms with Crippen LogP contribution in [0.4, 0.5) is 0 Å². The van der Waals surface area contributed by atoms with Gasteiger partial charge in [0, 0.05) is 6.04 Å². The third kappa shape index (κ3) is 4.73. The molecule has 0 spiro atoms. The van der Waals surface area contributed by atoms with E-state index in [9.17, 15) is 9.59 Å². The third-order valence-electron chi connectivity index (χ3n) is 3.34. The van der Waals surface area contributed by atoms with Crippen molar-refractivity contribution < 1.29 is 14.7 Å². The van der Waals surface area contributed by atoms with Crippen molar-refractivity contribution in [2.75, 3.05) is 13.6 Å². The molecule has 1 fully saturated rings. The van der Waals surface area contributed by atoms with E-state index in [-0.39, 0.29) is 12.5 Å². The number of aliphatic carboxylic acids is 1. The third-order valence-corrected chi connectivity index (χ3v) is 3.34. The van der Waals surface area contributed by atoms with Crippen molar-refractivity contribution in [1.82, 2.24) is 10.2 Å². The first-order valence-corrected chi connectivity index (χ1v) is 6.23. The Bertz CT molecular complexity index is 275. The van der Waals surface area contributed by atoms with Crippen LogP contribution >= 0.6 is 0 Å². The summed E-state index contributed by atoms with van der Waals surface area (Å²) in [6.07, 6.45) is 6.01. The van der Waals surface area contributed by atoms with Crippen molar-refractivity contribution in [3.63, 3.8) is 0 Å². The van der Waals surface area contributed by atoms with Gasteiger partial charge < -0.3 is 10.4 Å². The van der Waals surface area contributed by atoms with E-state index < -0.39 is 12.0 Å². The van der Waals surface area contributed by atoms with Gasteiger partial charge in [-0.1, -0.05) is 19.3 Å². The average Bonchev–Trinajstić information content (AvgIpc) is 2.29. The Balaban J connectivity index is 2.31. The molecule has 0 aromatic rings. The first-order valence-electron chi connectivity index (χ1n) is 6.23. The average molecular weight is 242 g/mol. The molecule has 98 valence electrons. The summed E-state index contributed by atoms with van der Waals surface area (Å²) in [7, 11) is 1.93. The molecule has 5 heteroatoms. The van der Waals surface area contributed by atoms with Crippen molar-refractivity contribution in [2.45, 2.75) is 51.1 Å². The van der Waals surface area contributed by atoms with Crippen molar-refractivity contribution in [3.8, 4) is 0 Å². The molecule has 1 rings (SSSR count). The van der Waals surface area contributed by atoms with E-state index >= 15 is 0 Å². The molecular formula is C12H22N2O3. The van der Waals surface area contributed by atoms with Gasteiger partial charge in [0.1, 0.15) is 6.04 Å². The van der Waals surface area contributed by atoms with Crippen molar-refractivity contribution in [2.24, 2.45) is 0 Å². The van der Waals surface area contributed by atoms with E-state index in [0.717, 1.165) is 12.8 Å². The fraction of sp³-hybridized carbons (Fsp3) is 0.833. The molecule has 1 amide bonds. The van der Waals surface area contributed by atoms with Crippen molar-refractivity contribution in [3.05, 3.63) is 0 Å². The number of hydrogen-bond acceptors (Lipinski definition) is 3. The zero-order valence-corrected chi connectivity index (χ0v) is 10.6. The topological polar surface area (TPSA) is 69.6 Å². The number of carboxylic acid groups (broad SMARTS) is 1. The van der Waals surface area contributed by atoms with E-state index in [4.69, 9.17) is 5.11 Å². The van der Waals surface area contributed by atoms with Crippen LogP contribution < -0.4 is 5.32 Å². The first-order chi connectivity index (χ1) is 8.00. The van der Waals surface area contributed by atoms with Gasteiger partial charge >= 0.3 is 5.97 Å². The van der Waals surface area contributed by atoms with Crippen LogP contribution in [0.25, 0.3) is 0 Å². The second-order valence-electron chi connectivity index (χ2n) is 4.83. The molecule has 0 aromatic carbocycles. The van der Waals surface area contributed by atoms with Crippen LogP contribution in [-0.4, -0.2) is 47.6 Å². The quantitative estimate of drug-likeness (QED) is 0.749. The molecule has 2 N–H and O–H groups in total. The summed E-state index contributed by atoms with van der Waals surface area (Å²) in [5.74, 6) is -1.22. The van der Waals surface area contributed by atoms with E-state index in [1.54, 1.807) is 0 Å². The number of nitrogens with one attached hydrogen (secondary N) is 1. The van der Waals surface area contributed by atoms with Gasteiger partial charge in [-0.3, -0.25) is 14.5 Å². The summed E-state index contributed by atoms with van der Waals surface area (Å²) in [5.41, 5.74) is 0. The molecular weight excluding hydrogens is 220 g/mol. The standard InChI is InChI=1S/C12H22N2O3/c1-9(12(16)17)13-11(15)8-14(2)10-6-4-3-5-7-10/h9-10H,3-8H2,1-2H3,(H,13,15)(H,16,17). The number of rotatable bonds is 5. The number of hydrogen-bond donors (Lipinski definition) is 2. The molecule has 0 heterocycles. The van der Waals surface area contributed by atoms with Gasteiger partial charge in [-0.05, 0) is 26.8 Å². The molecule has 1 unspecified atom stereocenters. The number of likely N-dealkylation sites (N-methyl/N-ethyl adjacent to an activating group) is 1. The molecule has 0 radical (unpaired) electrons. The van der Waals surface area contributed by atoms with Crippen LogP contribution in [0.15, 0.2) is 0 Å². The van der Waals surface area contributed by atoms with Gasteiger partial charge in [-0.15, -0.1) is 0 Å². The number of carbonyl (C=O) groups excluding carboxylic acids is 1. The van der Waals surface area contributed by atoms with E-state index in [0.29, 0.717) is 6.04 Å². The van der Waals surface area contributed by atoms with Crippen molar-refractivity contribution in [1.29, 1.82) is 0 Å². The van der Waals surface area contributed by atoms with Crippen LogP contribution in [0.1, 0.15) is 39.0 Å². The molecule has 1 atom stereocenters. The number of amides is 1. The minimum absolute atomic E-state index is 0.215. The Hall–Kier alpha value is -1.10. The van der Waals surface area contributed by atoms with Crippen LogP contribution in [0.3, 0.4) is 0 Å². The lowest BCUT2D eigenvalue weighted by Gasteiger charge is -2.30. The molecule has 17 heavy (non-hydrogen) atoms. The summed E-state index contributed by atoms with van der Waals surface area (Å²) in [5, 5.41) is 11.2. The predicted octanol–water partition coefficient (Wildman–Crippen LogP) is 0.840. The molecule has 0 saturated heterocycles. The normalized spacial score (nSPS) is 19.0. The number of nitrogens with zero attached hydrogens (tertiary/aromatic N) is 1. The molecule has 1 aliphatic carbocycles. The number of carbonyl (C=O) groups is 2. The predicted molar refractivity (Wildman–Crippen MR) is 64.7 cm³/mol. The lowest BCUT2D eigenvalue weighted by atomic mass is 9.94. The monoisotopic (exact) mass is 242 g/mol. The van der Waals surface area contributed by atoms with Gasteiger partial charge in [-0.25, -0.2) is 0 Å². The smallest absolute Gasteiger partial charge is 0.325 e. The van der Waals surface area contributed by atoms with Crippen LogP contribution in [-0.2, 0) is 9.59 Å². The second kappa shape index (κ2) is 6.59. The summed E-state index contributed by atoms with van der Waals surface area (Å²) < 4.78 is 0. The van der Waals surface area contributed by atoms with Gasteiger partial charge in [0.2, 0.25) is 5.91 Å². The Morgan fingerprint density at radius 3 is 2.47 bits per heavy atom. The maximum atomic E-state index is 11.6. The van der Waals surface area contributed by atoms with E-state index in [1.807, 2.05) is 11.9 Å². The van der Waals surface area contributed by atoms with Crippen LogP contribution in [0.2, 0.25) is 0 Å². The Morgan fingerprint density at radius 1 is 1.35 bits per heavy atom. The first kappa shape index (κ1) is 14.0. The van der Waals surface area contributed by atoms with Gasteiger partial charge in [0.05, 0.1) is 6.54 Å². The van der Waals surface area contributed by atoms with Crippen LogP contribution in [0, 0.1) is 0 Å². The second-order valence-corrected chi connectivity index (χ2v) is 4.83. The molecule has 0 bridgehead atoms. The van der Waals surface area contributed by atoms with Gasteiger partial charge in [-0.2, -0.15) is 0 Å². The Morgan fingerprint density at radius 2 is 1.94 bits per heavy atom. The molecule has 0 aromatic heterocycles. The largest absolute Gasteiger partial charge is 0.480 e. The highest BCUT2D eigenvalue weighted by Crippen LogP contribution is 2.21. The highest BCUT2D eigenvalue weighted by atomic mass is 16.4. The molecule has 1 aliphatic rings. The zero-order valence-electron chi connectivity index (χ0n) is 10.6. The minimum Gasteiger partial charge on any atom is -0.480 e. The summed E-state index contributed by atoms with van der Waals surface area (Å²) in [6.45, 7) is 1.75. The maximum absolute atomic E-state index is 11.6. The lowest BCUT2D eigenvalue weighted by molar-refractivity contribution is -0.141. The Kier molecular flexibility index (Phi) is 5.41. The maximum Gasteiger partial charge on any atom is 0.325 e. The highest BCUT2D eigenvalue weighted by Gasteiger charge is 2.21. The highest BCUT2D eigenvalue weighted by molar-refractivity contribution is 5.84. The lowest BCUT2D eigenvalue weighted by Crippen LogP contribution is -2.46. The van der Waals surface area contributed by atoms with Crippen molar-refractivity contribution >= 4 is 11.9 Å². The fourth-order valence-electron chi connectivity index (χ4n) is 2.23. The van der Waals surface area contributed by atoms with Crippen LogP contribution in [0.5, 0.6) is 0 Å². The SMILES string of the molecule is CC(NC(=O)CN(C)C1CCCCC1)C(=O)O. The summed E-state index contributed by atoms with van der Waals surface area (Å²) in [6, 6.07) is -0.350. The van der Waals surface area contributed by atoms with Gasteiger partial charge in [0.15, 0.2) is 0 Å². The van der Waals surface area contributed by atoms with E-state index in [1.165, 1.54) is 26.2 Å². The fourth-order valence-corrected chi connectivity index (χ4v) is 2.23. The molecule has 1 saturated carbocycles. The van der Waals surface area contributed by atoms with Gasteiger partial charge in [0.25, 0.3) is 0 Å². The minimum atomic E-state index is -1.00. The van der Waals surface area contributed by atoms with E-state index in [2.05, 4.69) is 5.32 Å². The number of carboxylic acids is 1. The Labute approximate surface area is 102 Å².